The van der Waals surface area contributed by atoms with Crippen LogP contribution >= 0.6 is 11.3 Å². The second-order valence-corrected chi connectivity index (χ2v) is 5.71. The molecule has 19 heavy (non-hydrogen) atoms. The maximum Gasteiger partial charge on any atom is 0.329 e. The molecule has 0 unspecified atom stereocenters. The Balaban J connectivity index is 2.33. The van der Waals surface area contributed by atoms with Gasteiger partial charge in [-0.25, -0.2) is 9.78 Å². The van der Waals surface area contributed by atoms with Gasteiger partial charge in [0.1, 0.15) is 5.52 Å². The standard InChI is InChI=1S/C12H12N4O2S/c1-5-4-7(19-6(5)2)9-13-8-10(14-9)16(3)12(18)15-11(8)17/h4H,1-3H3,(H,13,14)(H,15,17,18). The molecule has 0 fully saturated rings. The monoisotopic (exact) mass is 276 g/mol. The third-order valence-corrected chi connectivity index (χ3v) is 4.31. The van der Waals surface area contributed by atoms with Crippen molar-refractivity contribution >= 4 is 22.5 Å². The summed E-state index contributed by atoms with van der Waals surface area (Å²) in [5.74, 6) is 0.614. The van der Waals surface area contributed by atoms with Gasteiger partial charge in [-0.05, 0) is 25.5 Å². The van der Waals surface area contributed by atoms with Crippen LogP contribution in [0.4, 0.5) is 0 Å². The van der Waals surface area contributed by atoms with Crippen LogP contribution in [0.5, 0.6) is 0 Å². The van der Waals surface area contributed by atoms with Crippen molar-refractivity contribution in [1.82, 2.24) is 19.5 Å². The number of hydrogen-bond donors (Lipinski definition) is 2. The van der Waals surface area contributed by atoms with Gasteiger partial charge in [0.2, 0.25) is 0 Å². The molecular formula is C12H12N4O2S. The smallest absolute Gasteiger partial charge is 0.329 e. The lowest BCUT2D eigenvalue weighted by molar-refractivity contribution is 0.832. The Bertz CT molecular complexity index is 877. The van der Waals surface area contributed by atoms with Crippen LogP contribution in [0, 0.1) is 13.8 Å². The summed E-state index contributed by atoms with van der Waals surface area (Å²) in [5.41, 5.74) is 0.965. The first kappa shape index (κ1) is 11.9. The molecule has 3 rings (SSSR count). The number of aromatic nitrogens is 4. The molecule has 3 aromatic rings. The molecule has 0 bridgehead atoms. The Labute approximate surface area is 111 Å². The van der Waals surface area contributed by atoms with Crippen LogP contribution in [0.3, 0.4) is 0 Å². The molecular weight excluding hydrogens is 264 g/mol. The highest BCUT2D eigenvalue weighted by Gasteiger charge is 2.13. The van der Waals surface area contributed by atoms with Gasteiger partial charge in [0.15, 0.2) is 11.5 Å². The Morgan fingerprint density at radius 2 is 2.00 bits per heavy atom. The molecule has 0 aliphatic carbocycles. The van der Waals surface area contributed by atoms with Crippen molar-refractivity contribution in [2.75, 3.05) is 0 Å². The third-order valence-electron chi connectivity index (χ3n) is 3.15. The minimum atomic E-state index is -0.464. The van der Waals surface area contributed by atoms with E-state index in [4.69, 9.17) is 0 Å². The SMILES string of the molecule is Cc1cc(-c2nc3c([nH]2)c(=O)[nH]c(=O)n3C)sc1C. The zero-order chi connectivity index (χ0) is 13.7. The molecule has 3 aromatic heterocycles. The van der Waals surface area contributed by atoms with Crippen LogP contribution in [0.25, 0.3) is 21.9 Å². The lowest BCUT2D eigenvalue weighted by Gasteiger charge is -1.94. The maximum atomic E-state index is 11.7. The van der Waals surface area contributed by atoms with E-state index in [1.54, 1.807) is 18.4 Å². The van der Waals surface area contributed by atoms with E-state index in [0.29, 0.717) is 17.0 Å². The summed E-state index contributed by atoms with van der Waals surface area (Å²) in [6, 6.07) is 2.02. The van der Waals surface area contributed by atoms with Gasteiger partial charge in [-0.15, -0.1) is 11.3 Å². The molecule has 0 atom stereocenters. The van der Waals surface area contributed by atoms with Crippen molar-refractivity contribution in [3.63, 3.8) is 0 Å². The fourth-order valence-electron chi connectivity index (χ4n) is 1.91. The minimum absolute atomic E-state index is 0.320. The first-order valence-electron chi connectivity index (χ1n) is 5.74. The number of aromatic amines is 2. The highest BCUT2D eigenvalue weighted by molar-refractivity contribution is 7.15. The first-order chi connectivity index (χ1) is 8.97. The maximum absolute atomic E-state index is 11.7. The third kappa shape index (κ3) is 1.74. The molecule has 0 saturated heterocycles. The van der Waals surface area contributed by atoms with Gasteiger partial charge in [-0.1, -0.05) is 0 Å². The van der Waals surface area contributed by atoms with Gasteiger partial charge in [0, 0.05) is 11.9 Å². The molecule has 2 N–H and O–H groups in total. The zero-order valence-electron chi connectivity index (χ0n) is 10.7. The molecule has 0 aliphatic heterocycles. The molecule has 7 heteroatoms. The largest absolute Gasteiger partial charge is 0.331 e. The molecule has 0 aromatic carbocycles. The van der Waals surface area contributed by atoms with E-state index < -0.39 is 11.2 Å². The van der Waals surface area contributed by atoms with Crippen molar-refractivity contribution < 1.29 is 0 Å². The zero-order valence-corrected chi connectivity index (χ0v) is 11.5. The van der Waals surface area contributed by atoms with E-state index in [2.05, 4.69) is 15.0 Å². The average Bonchev–Trinajstić information content (AvgIpc) is 2.92. The second kappa shape index (κ2) is 3.92. The van der Waals surface area contributed by atoms with Crippen molar-refractivity contribution in [3.8, 4) is 10.7 Å². The van der Waals surface area contributed by atoms with Crippen LogP contribution in [0.2, 0.25) is 0 Å². The highest BCUT2D eigenvalue weighted by Crippen LogP contribution is 2.29. The number of hydrogen-bond acceptors (Lipinski definition) is 4. The van der Waals surface area contributed by atoms with E-state index in [9.17, 15) is 9.59 Å². The molecule has 0 spiro atoms. The number of nitrogens with one attached hydrogen (secondary N) is 2. The second-order valence-electron chi connectivity index (χ2n) is 4.45. The van der Waals surface area contributed by atoms with E-state index in [1.807, 2.05) is 19.9 Å². The fourth-order valence-corrected chi connectivity index (χ4v) is 2.89. The van der Waals surface area contributed by atoms with E-state index >= 15 is 0 Å². The van der Waals surface area contributed by atoms with Crippen molar-refractivity contribution in [2.24, 2.45) is 7.05 Å². The minimum Gasteiger partial charge on any atom is -0.331 e. The van der Waals surface area contributed by atoms with Crippen molar-refractivity contribution in [1.29, 1.82) is 0 Å². The lowest BCUT2D eigenvalue weighted by Crippen LogP contribution is -2.28. The predicted molar refractivity (Wildman–Crippen MR) is 74.7 cm³/mol. The van der Waals surface area contributed by atoms with Crippen molar-refractivity contribution in [2.45, 2.75) is 13.8 Å². The number of imidazole rings is 1. The molecule has 3 heterocycles. The number of rotatable bonds is 1. The summed E-state index contributed by atoms with van der Waals surface area (Å²) in [4.78, 5) is 35.0. The van der Waals surface area contributed by atoms with Crippen molar-refractivity contribution in [3.05, 3.63) is 37.3 Å². The number of H-pyrrole nitrogens is 2. The van der Waals surface area contributed by atoms with Gasteiger partial charge in [-0.3, -0.25) is 14.3 Å². The fraction of sp³-hybridized carbons (Fsp3) is 0.250. The molecule has 0 saturated carbocycles. The number of aryl methyl sites for hydroxylation is 3. The Hall–Kier alpha value is -2.15. The van der Waals surface area contributed by atoms with Crippen LogP contribution in [0.15, 0.2) is 15.7 Å². The predicted octanol–water partition coefficient (Wildman–Crippen LogP) is 1.30. The van der Waals surface area contributed by atoms with Crippen LogP contribution in [-0.2, 0) is 7.05 Å². The summed E-state index contributed by atoms with van der Waals surface area (Å²) >= 11 is 1.61. The van der Waals surface area contributed by atoms with Crippen LogP contribution in [-0.4, -0.2) is 19.5 Å². The van der Waals surface area contributed by atoms with E-state index in [0.717, 1.165) is 4.88 Å². The molecule has 0 amide bonds. The Morgan fingerprint density at radius 1 is 1.26 bits per heavy atom. The first-order valence-corrected chi connectivity index (χ1v) is 6.55. The summed E-state index contributed by atoms with van der Waals surface area (Å²) in [6.45, 7) is 4.06. The van der Waals surface area contributed by atoms with Gasteiger partial charge < -0.3 is 4.98 Å². The highest BCUT2D eigenvalue weighted by atomic mass is 32.1. The molecule has 98 valence electrons. The number of thiophene rings is 1. The van der Waals surface area contributed by atoms with E-state index in [1.165, 1.54) is 15.0 Å². The van der Waals surface area contributed by atoms with Gasteiger partial charge in [-0.2, -0.15) is 0 Å². The summed E-state index contributed by atoms with van der Waals surface area (Å²) in [5, 5.41) is 0. The normalized spacial score (nSPS) is 11.3. The molecule has 0 radical (unpaired) electrons. The van der Waals surface area contributed by atoms with E-state index in [-0.39, 0.29) is 0 Å². The Morgan fingerprint density at radius 3 is 2.63 bits per heavy atom. The molecule has 0 aliphatic rings. The topological polar surface area (TPSA) is 83.5 Å². The summed E-state index contributed by atoms with van der Waals surface area (Å²) in [6.07, 6.45) is 0. The quantitative estimate of drug-likeness (QED) is 0.702. The van der Waals surface area contributed by atoms with Crippen LogP contribution in [0.1, 0.15) is 10.4 Å². The van der Waals surface area contributed by atoms with Gasteiger partial charge >= 0.3 is 5.69 Å². The van der Waals surface area contributed by atoms with Crippen LogP contribution < -0.4 is 11.2 Å². The summed E-state index contributed by atoms with van der Waals surface area (Å²) < 4.78 is 1.32. The lowest BCUT2D eigenvalue weighted by atomic mass is 10.3. The summed E-state index contributed by atoms with van der Waals surface area (Å²) in [7, 11) is 1.58. The van der Waals surface area contributed by atoms with Gasteiger partial charge in [0.25, 0.3) is 5.56 Å². The average molecular weight is 276 g/mol. The number of fused-ring (bicyclic) bond motifs is 1. The Kier molecular flexibility index (Phi) is 2.46. The van der Waals surface area contributed by atoms with Gasteiger partial charge in [0.05, 0.1) is 4.88 Å². The molecule has 6 nitrogen and oxygen atoms in total. The number of nitrogens with zero attached hydrogens (tertiary/aromatic N) is 2.